The maximum absolute atomic E-state index is 10.5. The summed E-state index contributed by atoms with van der Waals surface area (Å²) in [5.41, 5.74) is 9.70. The van der Waals surface area contributed by atoms with Crippen LogP contribution in [0.3, 0.4) is 0 Å². The Hall–Kier alpha value is -2.70. The van der Waals surface area contributed by atoms with Crippen LogP contribution < -0.4 is 5.73 Å². The molecule has 3 heterocycles. The van der Waals surface area contributed by atoms with E-state index in [0.29, 0.717) is 5.69 Å². The second-order valence-corrected chi connectivity index (χ2v) is 3.92. The lowest BCUT2D eigenvalue weighted by atomic mass is 10.0. The molecule has 0 unspecified atom stereocenters. The quantitative estimate of drug-likeness (QED) is 0.715. The van der Waals surface area contributed by atoms with Gasteiger partial charge in [-0.15, -0.1) is 0 Å². The standard InChI is InChI=1S/C11H10N6O.C2H6/c12-9-1-10-11(7-2-13-14-3-7)8(5-16-18)4-15-17(10)6-9;1-2/h1-4,6H,5,12H2,(H,13,14);1-2H3. The molecule has 7 heteroatoms. The maximum atomic E-state index is 10.5. The van der Waals surface area contributed by atoms with Gasteiger partial charge in [0.25, 0.3) is 0 Å². The normalized spacial score (nSPS) is 10.1. The molecule has 0 bridgehead atoms. The Bertz CT molecular complexity index is 701. The van der Waals surface area contributed by atoms with Crippen molar-refractivity contribution in [3.63, 3.8) is 0 Å². The summed E-state index contributed by atoms with van der Waals surface area (Å²) in [6.07, 6.45) is 6.78. The summed E-state index contributed by atoms with van der Waals surface area (Å²) in [6.45, 7) is 4.06. The molecule has 3 N–H and O–H groups in total. The van der Waals surface area contributed by atoms with Crippen LogP contribution in [0.25, 0.3) is 16.6 Å². The molecule has 0 aliphatic rings. The van der Waals surface area contributed by atoms with Crippen molar-refractivity contribution < 1.29 is 0 Å². The van der Waals surface area contributed by atoms with Crippen molar-refractivity contribution >= 4 is 11.2 Å². The van der Waals surface area contributed by atoms with Gasteiger partial charge in [0, 0.05) is 22.9 Å². The molecule has 0 atom stereocenters. The van der Waals surface area contributed by atoms with Crippen LogP contribution in [0, 0.1) is 4.91 Å². The van der Waals surface area contributed by atoms with E-state index in [1.165, 1.54) is 0 Å². The first-order chi connectivity index (χ1) is 9.79. The summed E-state index contributed by atoms with van der Waals surface area (Å²) in [4.78, 5) is 10.5. The number of nitrogens with two attached hydrogens (primary N) is 1. The van der Waals surface area contributed by atoms with Gasteiger partial charge in [-0.3, -0.25) is 5.10 Å². The van der Waals surface area contributed by atoms with Gasteiger partial charge in [0.2, 0.25) is 0 Å². The highest BCUT2D eigenvalue weighted by molar-refractivity contribution is 5.84. The summed E-state index contributed by atoms with van der Waals surface area (Å²) in [5.74, 6) is 0. The van der Waals surface area contributed by atoms with Crippen molar-refractivity contribution in [1.82, 2.24) is 19.8 Å². The van der Waals surface area contributed by atoms with E-state index in [1.807, 2.05) is 19.9 Å². The number of hydrogen-bond acceptors (Lipinski definition) is 5. The third-order valence-corrected chi connectivity index (χ3v) is 2.76. The number of anilines is 1. The van der Waals surface area contributed by atoms with Crippen LogP contribution in [0.2, 0.25) is 0 Å². The van der Waals surface area contributed by atoms with Crippen LogP contribution in [0.5, 0.6) is 0 Å². The Kier molecular flexibility index (Phi) is 4.09. The van der Waals surface area contributed by atoms with E-state index < -0.39 is 0 Å². The average molecular weight is 272 g/mol. The maximum Gasteiger partial charge on any atom is 0.108 e. The predicted octanol–water partition coefficient (Wildman–Crippen LogP) is 2.60. The molecule has 0 aromatic carbocycles. The third kappa shape index (κ3) is 2.37. The van der Waals surface area contributed by atoms with Crippen molar-refractivity contribution in [2.24, 2.45) is 5.18 Å². The molecule has 3 aromatic heterocycles. The second-order valence-electron chi connectivity index (χ2n) is 3.92. The van der Waals surface area contributed by atoms with Gasteiger partial charge in [0.05, 0.1) is 29.8 Å². The smallest absolute Gasteiger partial charge is 0.108 e. The van der Waals surface area contributed by atoms with E-state index in [2.05, 4.69) is 20.5 Å². The Balaban J connectivity index is 0.000000704. The highest BCUT2D eigenvalue weighted by atomic mass is 16.3. The number of fused-ring (bicyclic) bond motifs is 1. The van der Waals surface area contributed by atoms with Crippen LogP contribution >= 0.6 is 0 Å². The van der Waals surface area contributed by atoms with Gasteiger partial charge >= 0.3 is 0 Å². The lowest BCUT2D eigenvalue weighted by Gasteiger charge is -2.06. The molecule has 0 fully saturated rings. The van der Waals surface area contributed by atoms with E-state index >= 15 is 0 Å². The zero-order valence-electron chi connectivity index (χ0n) is 11.4. The molecule has 3 rings (SSSR count). The molecule has 0 aliphatic carbocycles. The minimum absolute atomic E-state index is 0.0646. The van der Waals surface area contributed by atoms with Gasteiger partial charge in [-0.25, -0.2) is 4.52 Å². The Morgan fingerprint density at radius 3 is 2.85 bits per heavy atom. The summed E-state index contributed by atoms with van der Waals surface area (Å²) in [5, 5.41) is 13.8. The summed E-state index contributed by atoms with van der Waals surface area (Å²) < 4.78 is 1.67. The number of nitrogen functional groups attached to an aromatic ring is 1. The van der Waals surface area contributed by atoms with E-state index in [1.54, 1.807) is 29.3 Å². The molecule has 104 valence electrons. The van der Waals surface area contributed by atoms with Gasteiger partial charge in [-0.05, 0) is 6.07 Å². The van der Waals surface area contributed by atoms with Gasteiger partial charge in [-0.1, -0.05) is 19.0 Å². The molecule has 0 saturated carbocycles. The monoisotopic (exact) mass is 272 g/mol. The molecule has 20 heavy (non-hydrogen) atoms. The fraction of sp³-hybridized carbons (Fsp3) is 0.231. The Morgan fingerprint density at radius 2 is 2.20 bits per heavy atom. The van der Waals surface area contributed by atoms with E-state index in [-0.39, 0.29) is 6.54 Å². The number of H-pyrrole nitrogens is 1. The highest BCUT2D eigenvalue weighted by Gasteiger charge is 2.13. The summed E-state index contributed by atoms with van der Waals surface area (Å²) in [6, 6.07) is 1.81. The van der Waals surface area contributed by atoms with E-state index in [0.717, 1.165) is 22.2 Å². The first-order valence-corrected chi connectivity index (χ1v) is 6.33. The summed E-state index contributed by atoms with van der Waals surface area (Å²) >= 11 is 0. The van der Waals surface area contributed by atoms with Crippen LogP contribution in [0.4, 0.5) is 5.69 Å². The Labute approximate surface area is 115 Å². The Morgan fingerprint density at radius 1 is 1.40 bits per heavy atom. The van der Waals surface area contributed by atoms with Crippen LogP contribution in [-0.4, -0.2) is 19.8 Å². The molecule has 0 spiro atoms. The molecule has 7 nitrogen and oxygen atoms in total. The first kappa shape index (κ1) is 13.7. The van der Waals surface area contributed by atoms with Gasteiger partial charge < -0.3 is 5.73 Å². The van der Waals surface area contributed by atoms with Crippen molar-refractivity contribution in [2.45, 2.75) is 20.4 Å². The van der Waals surface area contributed by atoms with Crippen molar-refractivity contribution in [3.05, 3.63) is 41.3 Å². The second kappa shape index (κ2) is 5.96. The summed E-state index contributed by atoms with van der Waals surface area (Å²) in [7, 11) is 0. The zero-order valence-corrected chi connectivity index (χ0v) is 11.4. The van der Waals surface area contributed by atoms with Crippen molar-refractivity contribution in [2.75, 3.05) is 5.73 Å². The van der Waals surface area contributed by atoms with Gasteiger partial charge in [0.15, 0.2) is 0 Å². The number of nitrogens with one attached hydrogen (secondary N) is 1. The number of nitroso groups, excluding NO2 is 1. The minimum atomic E-state index is 0.0646. The molecule has 0 amide bonds. The third-order valence-electron chi connectivity index (χ3n) is 2.76. The highest BCUT2D eigenvalue weighted by Crippen LogP contribution is 2.29. The minimum Gasteiger partial charge on any atom is -0.397 e. The SMILES string of the molecule is CC.Nc1cc2c(-c3cn[nH]c3)c(CN=O)cnn2c1. The lowest BCUT2D eigenvalue weighted by molar-refractivity contribution is 0.912. The lowest BCUT2D eigenvalue weighted by Crippen LogP contribution is -1.97. The molecule has 0 aliphatic heterocycles. The molecular formula is C13H16N6O. The van der Waals surface area contributed by atoms with Crippen LogP contribution in [-0.2, 0) is 6.54 Å². The number of nitrogens with zero attached hydrogens (tertiary/aromatic N) is 4. The number of rotatable bonds is 3. The van der Waals surface area contributed by atoms with Crippen LogP contribution in [0.1, 0.15) is 19.4 Å². The molecular weight excluding hydrogens is 256 g/mol. The first-order valence-electron chi connectivity index (χ1n) is 6.33. The van der Waals surface area contributed by atoms with E-state index in [9.17, 15) is 4.91 Å². The molecule has 3 aromatic rings. The van der Waals surface area contributed by atoms with Gasteiger partial charge in [-0.2, -0.15) is 15.1 Å². The topological polar surface area (TPSA) is 101 Å². The van der Waals surface area contributed by atoms with Crippen LogP contribution in [0.15, 0.2) is 36.0 Å². The molecule has 0 saturated heterocycles. The molecule has 0 radical (unpaired) electrons. The zero-order chi connectivity index (χ0) is 14.5. The number of aromatic nitrogens is 4. The predicted molar refractivity (Wildman–Crippen MR) is 78.0 cm³/mol. The largest absolute Gasteiger partial charge is 0.397 e. The fourth-order valence-corrected chi connectivity index (χ4v) is 2.03. The van der Waals surface area contributed by atoms with Crippen molar-refractivity contribution in [3.8, 4) is 11.1 Å². The van der Waals surface area contributed by atoms with Crippen molar-refractivity contribution in [1.29, 1.82) is 0 Å². The fourth-order valence-electron chi connectivity index (χ4n) is 2.03. The van der Waals surface area contributed by atoms with Gasteiger partial charge in [0.1, 0.15) is 6.54 Å². The van der Waals surface area contributed by atoms with E-state index in [4.69, 9.17) is 5.73 Å². The number of hydrogen-bond donors (Lipinski definition) is 2. The number of aromatic amines is 1. The average Bonchev–Trinajstić information content (AvgIpc) is 3.09.